The largest absolute Gasteiger partial charge is 0.508 e. The fourth-order valence-corrected chi connectivity index (χ4v) is 4.85. The SMILES string of the molecule is O=C(NCc1cccnc1)C1CN2CCC1CC2Cn1cc(-c2cccc(O)c2)nn1. The molecule has 3 aliphatic rings. The van der Waals surface area contributed by atoms with Gasteiger partial charge in [-0.15, -0.1) is 5.10 Å². The fraction of sp³-hybridized carbons (Fsp3) is 0.391. The molecular weight excluding hydrogens is 392 g/mol. The molecular formula is C23H26N6O2. The van der Waals surface area contributed by atoms with Gasteiger partial charge in [-0.3, -0.25) is 19.4 Å². The number of amides is 1. The molecule has 2 N–H and O–H groups in total. The summed E-state index contributed by atoms with van der Waals surface area (Å²) in [5, 5.41) is 21.3. The van der Waals surface area contributed by atoms with Gasteiger partial charge in [-0.1, -0.05) is 23.4 Å². The van der Waals surface area contributed by atoms with E-state index in [9.17, 15) is 9.90 Å². The van der Waals surface area contributed by atoms with Crippen molar-refractivity contribution in [1.29, 1.82) is 0 Å². The van der Waals surface area contributed by atoms with Crippen LogP contribution in [-0.4, -0.2) is 55.0 Å². The van der Waals surface area contributed by atoms with Gasteiger partial charge in [0.25, 0.3) is 0 Å². The lowest BCUT2D eigenvalue weighted by molar-refractivity contribution is -0.133. The third-order valence-electron chi connectivity index (χ3n) is 6.48. The van der Waals surface area contributed by atoms with Crippen LogP contribution in [0.15, 0.2) is 55.0 Å². The average Bonchev–Trinajstić information content (AvgIpc) is 3.27. The van der Waals surface area contributed by atoms with Crippen molar-refractivity contribution in [2.45, 2.75) is 32.0 Å². The van der Waals surface area contributed by atoms with Crippen LogP contribution in [0.4, 0.5) is 0 Å². The molecule has 3 fully saturated rings. The summed E-state index contributed by atoms with van der Waals surface area (Å²) in [6.45, 7) is 3.10. The van der Waals surface area contributed by atoms with E-state index in [2.05, 4.69) is 25.5 Å². The lowest BCUT2D eigenvalue weighted by atomic mass is 9.75. The van der Waals surface area contributed by atoms with E-state index in [1.54, 1.807) is 30.6 Å². The minimum atomic E-state index is 0.0419. The number of piperidine rings is 3. The van der Waals surface area contributed by atoms with E-state index in [0.29, 0.717) is 18.5 Å². The molecule has 4 unspecified atom stereocenters. The molecule has 8 heteroatoms. The maximum Gasteiger partial charge on any atom is 0.224 e. The van der Waals surface area contributed by atoms with Crippen molar-refractivity contribution in [3.63, 3.8) is 0 Å². The predicted molar refractivity (Wildman–Crippen MR) is 115 cm³/mol. The van der Waals surface area contributed by atoms with E-state index in [1.165, 1.54) is 0 Å². The molecule has 1 aromatic carbocycles. The monoisotopic (exact) mass is 418 g/mol. The first-order valence-electron chi connectivity index (χ1n) is 10.8. The number of rotatable bonds is 6. The predicted octanol–water partition coefficient (Wildman–Crippen LogP) is 2.07. The number of nitrogens with one attached hydrogen (secondary N) is 1. The number of fused-ring (bicyclic) bond motifs is 3. The van der Waals surface area contributed by atoms with E-state index in [0.717, 1.165) is 49.3 Å². The van der Waals surface area contributed by atoms with Crippen LogP contribution in [-0.2, 0) is 17.9 Å². The molecule has 2 bridgehead atoms. The van der Waals surface area contributed by atoms with Gasteiger partial charge >= 0.3 is 0 Å². The first kappa shape index (κ1) is 19.7. The van der Waals surface area contributed by atoms with Gasteiger partial charge in [-0.2, -0.15) is 0 Å². The van der Waals surface area contributed by atoms with Crippen LogP contribution >= 0.6 is 0 Å². The lowest BCUT2D eigenvalue weighted by Crippen LogP contribution is -2.58. The summed E-state index contributed by atoms with van der Waals surface area (Å²) in [6, 6.07) is 11.3. The van der Waals surface area contributed by atoms with Crippen LogP contribution < -0.4 is 5.32 Å². The zero-order valence-electron chi connectivity index (χ0n) is 17.3. The summed E-state index contributed by atoms with van der Waals surface area (Å²) in [5.41, 5.74) is 2.62. The highest BCUT2D eigenvalue weighted by Gasteiger charge is 2.43. The van der Waals surface area contributed by atoms with Gasteiger partial charge in [0.1, 0.15) is 11.4 Å². The van der Waals surface area contributed by atoms with E-state index < -0.39 is 0 Å². The van der Waals surface area contributed by atoms with Crippen molar-refractivity contribution < 1.29 is 9.90 Å². The van der Waals surface area contributed by atoms with E-state index in [4.69, 9.17) is 0 Å². The second kappa shape index (κ2) is 8.47. The fourth-order valence-electron chi connectivity index (χ4n) is 4.85. The van der Waals surface area contributed by atoms with Gasteiger partial charge in [-0.25, -0.2) is 0 Å². The summed E-state index contributed by atoms with van der Waals surface area (Å²) in [7, 11) is 0. The zero-order chi connectivity index (χ0) is 21.2. The third-order valence-corrected chi connectivity index (χ3v) is 6.48. The number of phenols is 1. The van der Waals surface area contributed by atoms with Crippen molar-refractivity contribution in [3.8, 4) is 17.0 Å². The third kappa shape index (κ3) is 4.29. The van der Waals surface area contributed by atoms with E-state index in [1.807, 2.05) is 29.1 Å². The molecule has 3 saturated heterocycles. The van der Waals surface area contributed by atoms with Crippen LogP contribution in [0, 0.1) is 11.8 Å². The molecule has 5 heterocycles. The van der Waals surface area contributed by atoms with Crippen LogP contribution in [0.25, 0.3) is 11.3 Å². The van der Waals surface area contributed by atoms with Crippen LogP contribution in [0.5, 0.6) is 5.75 Å². The van der Waals surface area contributed by atoms with E-state index in [-0.39, 0.29) is 17.6 Å². The Morgan fingerprint density at radius 1 is 1.26 bits per heavy atom. The summed E-state index contributed by atoms with van der Waals surface area (Å²) in [4.78, 5) is 19.3. The van der Waals surface area contributed by atoms with E-state index >= 15 is 0 Å². The smallest absolute Gasteiger partial charge is 0.224 e. The second-order valence-electron chi connectivity index (χ2n) is 8.49. The summed E-state index contributed by atoms with van der Waals surface area (Å²) >= 11 is 0. The van der Waals surface area contributed by atoms with Crippen LogP contribution in [0.2, 0.25) is 0 Å². The Morgan fingerprint density at radius 3 is 2.97 bits per heavy atom. The molecule has 31 heavy (non-hydrogen) atoms. The van der Waals surface area contributed by atoms with Crippen molar-refractivity contribution in [2.24, 2.45) is 11.8 Å². The standard InChI is InChI=1S/C23H26N6O2/c30-20-5-1-4-18(10-20)22-15-29(27-26-22)13-19-9-17-6-8-28(19)14-21(17)23(31)25-12-16-3-2-7-24-11-16/h1-5,7,10-11,15,17,19,21,30H,6,8-9,12-14H2,(H,25,31). The van der Waals surface area contributed by atoms with Gasteiger partial charge < -0.3 is 10.4 Å². The molecule has 0 spiro atoms. The number of benzene rings is 1. The lowest BCUT2D eigenvalue weighted by Gasteiger charge is -2.49. The highest BCUT2D eigenvalue weighted by molar-refractivity contribution is 5.79. The maximum absolute atomic E-state index is 12.8. The number of pyridine rings is 1. The van der Waals surface area contributed by atoms with Crippen molar-refractivity contribution in [3.05, 3.63) is 60.6 Å². The van der Waals surface area contributed by atoms with Crippen LogP contribution in [0.3, 0.4) is 0 Å². The molecule has 160 valence electrons. The molecule has 0 radical (unpaired) electrons. The molecule has 0 aliphatic carbocycles. The number of hydrogen-bond acceptors (Lipinski definition) is 6. The Balaban J connectivity index is 1.19. The van der Waals surface area contributed by atoms with Crippen molar-refractivity contribution >= 4 is 5.91 Å². The molecule has 0 saturated carbocycles. The molecule has 3 aromatic rings. The Labute approximate surface area is 180 Å². The number of carbonyl (C=O) groups excluding carboxylic acids is 1. The van der Waals surface area contributed by atoms with Gasteiger partial charge in [0.05, 0.1) is 18.7 Å². The van der Waals surface area contributed by atoms with Crippen molar-refractivity contribution in [1.82, 2.24) is 30.2 Å². The van der Waals surface area contributed by atoms with Gasteiger partial charge in [0, 0.05) is 37.1 Å². The highest BCUT2D eigenvalue weighted by atomic mass is 16.3. The Morgan fingerprint density at radius 2 is 2.19 bits per heavy atom. The quantitative estimate of drug-likeness (QED) is 0.636. The van der Waals surface area contributed by atoms with Gasteiger partial charge in [0.15, 0.2) is 0 Å². The Kier molecular flexibility index (Phi) is 5.38. The molecule has 4 atom stereocenters. The molecule has 6 rings (SSSR count). The first-order valence-corrected chi connectivity index (χ1v) is 10.8. The molecule has 1 amide bonds. The summed E-state index contributed by atoms with van der Waals surface area (Å²) in [6.07, 6.45) is 7.51. The van der Waals surface area contributed by atoms with Crippen LogP contribution in [0.1, 0.15) is 18.4 Å². The number of nitrogens with zero attached hydrogens (tertiary/aromatic N) is 5. The van der Waals surface area contributed by atoms with Gasteiger partial charge in [-0.05, 0) is 49.1 Å². The topological polar surface area (TPSA) is 96.2 Å². The minimum Gasteiger partial charge on any atom is -0.508 e. The number of hydrogen-bond donors (Lipinski definition) is 2. The molecule has 8 nitrogen and oxygen atoms in total. The Bertz CT molecular complexity index is 1050. The summed E-state index contributed by atoms with van der Waals surface area (Å²) < 4.78 is 1.88. The number of aromatic nitrogens is 4. The minimum absolute atomic E-state index is 0.0419. The maximum atomic E-state index is 12.8. The number of carbonyl (C=O) groups is 1. The Hall–Kier alpha value is -3.26. The van der Waals surface area contributed by atoms with Gasteiger partial charge in [0.2, 0.25) is 5.91 Å². The normalized spacial score (nSPS) is 24.8. The number of aromatic hydroxyl groups is 1. The average molecular weight is 419 g/mol. The second-order valence-corrected chi connectivity index (χ2v) is 8.49. The molecule has 2 aromatic heterocycles. The number of phenolic OH excluding ortho intramolecular Hbond substituents is 1. The highest BCUT2D eigenvalue weighted by Crippen LogP contribution is 2.37. The van der Waals surface area contributed by atoms with Crippen molar-refractivity contribution in [2.75, 3.05) is 13.1 Å². The summed E-state index contributed by atoms with van der Waals surface area (Å²) in [5.74, 6) is 0.803. The first-order chi connectivity index (χ1) is 15.2. The molecule has 3 aliphatic heterocycles. The zero-order valence-corrected chi connectivity index (χ0v) is 17.3.